The summed E-state index contributed by atoms with van der Waals surface area (Å²) in [5, 5.41) is 11.6. The first-order valence-electron chi connectivity index (χ1n) is 5.50. The Morgan fingerprint density at radius 2 is 2.24 bits per heavy atom. The Labute approximate surface area is 97.4 Å². The highest BCUT2D eigenvalue weighted by atomic mass is 19.1. The Balaban J connectivity index is 2.03. The monoisotopic (exact) mass is 233 g/mol. The SMILES string of the molecule is CC1CC1n1nnnc1-c1ccc(N)c(F)c1. The van der Waals surface area contributed by atoms with Gasteiger partial charge in [-0.2, -0.15) is 0 Å². The first-order valence-corrected chi connectivity index (χ1v) is 5.50. The zero-order valence-corrected chi connectivity index (χ0v) is 9.34. The molecule has 5 nitrogen and oxygen atoms in total. The molecule has 0 bridgehead atoms. The number of nitrogens with two attached hydrogens (primary N) is 1. The molecule has 1 aromatic carbocycles. The minimum Gasteiger partial charge on any atom is -0.396 e. The van der Waals surface area contributed by atoms with Crippen molar-refractivity contribution >= 4 is 5.69 Å². The summed E-state index contributed by atoms with van der Waals surface area (Å²) < 4.78 is 15.2. The number of nitrogen functional groups attached to an aromatic ring is 1. The van der Waals surface area contributed by atoms with Crippen molar-refractivity contribution in [2.75, 3.05) is 5.73 Å². The summed E-state index contributed by atoms with van der Waals surface area (Å²) in [6.07, 6.45) is 1.06. The lowest BCUT2D eigenvalue weighted by Crippen LogP contribution is -2.02. The molecule has 2 unspecified atom stereocenters. The molecule has 1 heterocycles. The molecule has 0 amide bonds. The Morgan fingerprint density at radius 3 is 2.88 bits per heavy atom. The summed E-state index contributed by atoms with van der Waals surface area (Å²) in [5.41, 5.74) is 6.23. The van der Waals surface area contributed by atoms with Crippen molar-refractivity contribution in [1.29, 1.82) is 0 Å². The van der Waals surface area contributed by atoms with Gasteiger partial charge in [0.25, 0.3) is 0 Å². The predicted molar refractivity (Wildman–Crippen MR) is 60.4 cm³/mol. The first kappa shape index (κ1) is 10.2. The van der Waals surface area contributed by atoms with Crippen LogP contribution in [0.25, 0.3) is 11.4 Å². The van der Waals surface area contributed by atoms with E-state index >= 15 is 0 Å². The van der Waals surface area contributed by atoms with Crippen LogP contribution in [0.1, 0.15) is 19.4 Å². The van der Waals surface area contributed by atoms with Crippen LogP contribution in [0.3, 0.4) is 0 Å². The molecule has 2 aromatic rings. The minimum atomic E-state index is -0.444. The number of benzene rings is 1. The minimum absolute atomic E-state index is 0.132. The molecule has 0 spiro atoms. The second kappa shape index (κ2) is 3.51. The predicted octanol–water partition coefficient (Wildman–Crippen LogP) is 1.64. The fraction of sp³-hybridized carbons (Fsp3) is 0.364. The molecule has 1 aliphatic rings. The third-order valence-corrected chi connectivity index (χ3v) is 3.13. The van der Waals surface area contributed by atoms with Crippen molar-refractivity contribution in [3.05, 3.63) is 24.0 Å². The van der Waals surface area contributed by atoms with E-state index in [1.54, 1.807) is 10.7 Å². The van der Waals surface area contributed by atoms with Gasteiger partial charge in [0, 0.05) is 5.56 Å². The van der Waals surface area contributed by atoms with Gasteiger partial charge < -0.3 is 5.73 Å². The number of tetrazole rings is 1. The van der Waals surface area contributed by atoms with E-state index in [-0.39, 0.29) is 5.69 Å². The quantitative estimate of drug-likeness (QED) is 0.800. The van der Waals surface area contributed by atoms with Crippen molar-refractivity contribution in [3.63, 3.8) is 0 Å². The molecule has 3 rings (SSSR count). The first-order chi connectivity index (χ1) is 8.16. The highest BCUT2D eigenvalue weighted by Gasteiger charge is 2.37. The second-order valence-electron chi connectivity index (χ2n) is 4.46. The largest absolute Gasteiger partial charge is 0.396 e. The Morgan fingerprint density at radius 1 is 1.47 bits per heavy atom. The molecule has 2 atom stereocenters. The van der Waals surface area contributed by atoms with E-state index in [0.717, 1.165) is 6.42 Å². The lowest BCUT2D eigenvalue weighted by Gasteiger charge is -2.04. The van der Waals surface area contributed by atoms with Crippen molar-refractivity contribution in [2.45, 2.75) is 19.4 Å². The summed E-state index contributed by atoms with van der Waals surface area (Å²) >= 11 is 0. The molecule has 1 fully saturated rings. The van der Waals surface area contributed by atoms with Crippen molar-refractivity contribution in [2.24, 2.45) is 5.92 Å². The van der Waals surface area contributed by atoms with Gasteiger partial charge in [0.1, 0.15) is 5.82 Å². The molecule has 1 aromatic heterocycles. The zero-order valence-electron chi connectivity index (χ0n) is 9.34. The molecule has 0 radical (unpaired) electrons. The zero-order chi connectivity index (χ0) is 12.0. The number of rotatable bonds is 2. The number of hydrogen-bond donors (Lipinski definition) is 1. The average molecular weight is 233 g/mol. The summed E-state index contributed by atoms with van der Waals surface area (Å²) in [7, 11) is 0. The third-order valence-electron chi connectivity index (χ3n) is 3.13. The second-order valence-corrected chi connectivity index (χ2v) is 4.46. The van der Waals surface area contributed by atoms with Crippen molar-refractivity contribution in [1.82, 2.24) is 20.2 Å². The molecule has 17 heavy (non-hydrogen) atoms. The van der Waals surface area contributed by atoms with Gasteiger partial charge in [0.05, 0.1) is 11.7 Å². The molecular weight excluding hydrogens is 221 g/mol. The fourth-order valence-electron chi connectivity index (χ4n) is 1.92. The number of anilines is 1. The standard InChI is InChI=1S/C11H12FN5/c1-6-4-10(6)17-11(14-15-16-17)7-2-3-9(13)8(12)5-7/h2-3,5-6,10H,4,13H2,1H3. The molecule has 1 saturated carbocycles. The van der Waals surface area contributed by atoms with E-state index in [1.807, 2.05) is 0 Å². The number of nitrogens with zero attached hydrogens (tertiary/aromatic N) is 4. The fourth-order valence-corrected chi connectivity index (χ4v) is 1.92. The highest BCUT2D eigenvalue weighted by molar-refractivity contribution is 5.59. The van der Waals surface area contributed by atoms with E-state index in [1.165, 1.54) is 12.1 Å². The molecular formula is C11H12FN5. The van der Waals surface area contributed by atoms with Crippen molar-refractivity contribution < 1.29 is 4.39 Å². The molecule has 0 saturated heterocycles. The van der Waals surface area contributed by atoms with Gasteiger partial charge in [-0.25, -0.2) is 9.07 Å². The van der Waals surface area contributed by atoms with Gasteiger partial charge in [-0.3, -0.25) is 0 Å². The van der Waals surface area contributed by atoms with E-state index in [4.69, 9.17) is 5.73 Å². The van der Waals surface area contributed by atoms with E-state index in [0.29, 0.717) is 23.3 Å². The normalized spacial score (nSPS) is 22.7. The average Bonchev–Trinajstić information content (AvgIpc) is 2.85. The lowest BCUT2D eigenvalue weighted by molar-refractivity contribution is 0.584. The van der Waals surface area contributed by atoms with Crippen LogP contribution in [-0.2, 0) is 0 Å². The summed E-state index contributed by atoms with van der Waals surface area (Å²) in [5.74, 6) is 0.732. The van der Waals surface area contributed by atoms with E-state index in [2.05, 4.69) is 22.4 Å². The Bertz CT molecular complexity index is 565. The number of aromatic nitrogens is 4. The van der Waals surface area contributed by atoms with Crippen LogP contribution < -0.4 is 5.73 Å². The lowest BCUT2D eigenvalue weighted by atomic mass is 10.2. The van der Waals surface area contributed by atoms with Crippen LogP contribution in [-0.4, -0.2) is 20.2 Å². The van der Waals surface area contributed by atoms with Crippen LogP contribution in [0.5, 0.6) is 0 Å². The van der Waals surface area contributed by atoms with Crippen LogP contribution in [0.15, 0.2) is 18.2 Å². The van der Waals surface area contributed by atoms with Gasteiger partial charge in [-0.05, 0) is 41.0 Å². The summed E-state index contributed by atoms with van der Waals surface area (Å²) in [6.45, 7) is 2.14. The van der Waals surface area contributed by atoms with Crippen LogP contribution in [0, 0.1) is 11.7 Å². The highest BCUT2D eigenvalue weighted by Crippen LogP contribution is 2.43. The molecule has 2 N–H and O–H groups in total. The molecule has 6 heteroatoms. The molecule has 0 aliphatic heterocycles. The third kappa shape index (κ3) is 1.65. The summed E-state index contributed by atoms with van der Waals surface area (Å²) in [4.78, 5) is 0. The smallest absolute Gasteiger partial charge is 0.182 e. The Kier molecular flexibility index (Phi) is 2.10. The topological polar surface area (TPSA) is 69.6 Å². The molecule has 88 valence electrons. The van der Waals surface area contributed by atoms with Crippen molar-refractivity contribution in [3.8, 4) is 11.4 Å². The van der Waals surface area contributed by atoms with E-state index in [9.17, 15) is 4.39 Å². The van der Waals surface area contributed by atoms with E-state index < -0.39 is 5.82 Å². The van der Waals surface area contributed by atoms with Gasteiger partial charge in [-0.15, -0.1) is 5.10 Å². The number of halogens is 1. The van der Waals surface area contributed by atoms with Gasteiger partial charge in [0.15, 0.2) is 5.82 Å². The maximum Gasteiger partial charge on any atom is 0.182 e. The van der Waals surface area contributed by atoms with Crippen LogP contribution in [0.2, 0.25) is 0 Å². The van der Waals surface area contributed by atoms with Crippen LogP contribution >= 0.6 is 0 Å². The van der Waals surface area contributed by atoms with Gasteiger partial charge >= 0.3 is 0 Å². The van der Waals surface area contributed by atoms with Crippen LogP contribution in [0.4, 0.5) is 10.1 Å². The maximum atomic E-state index is 13.4. The van der Waals surface area contributed by atoms with Gasteiger partial charge in [0.2, 0.25) is 0 Å². The summed E-state index contributed by atoms with van der Waals surface area (Å²) in [6, 6.07) is 4.96. The van der Waals surface area contributed by atoms with Gasteiger partial charge in [-0.1, -0.05) is 6.92 Å². The maximum absolute atomic E-state index is 13.4. The Hall–Kier alpha value is -1.98. The molecule has 1 aliphatic carbocycles. The number of hydrogen-bond acceptors (Lipinski definition) is 4.